The lowest BCUT2D eigenvalue weighted by Crippen LogP contribution is -2.47. The van der Waals surface area contributed by atoms with Gasteiger partial charge in [0.2, 0.25) is 0 Å². The van der Waals surface area contributed by atoms with Crippen LogP contribution in [0.15, 0.2) is 18.3 Å². The molecule has 4 bridgehead atoms. The summed E-state index contributed by atoms with van der Waals surface area (Å²) in [5.41, 5.74) is 7.69. The average Bonchev–Trinajstić information content (AvgIpc) is 2.30. The molecule has 5 rings (SSSR count). The summed E-state index contributed by atoms with van der Waals surface area (Å²) in [6.07, 6.45) is 12.2. The molecule has 0 spiro atoms. The van der Waals surface area contributed by atoms with Crippen LogP contribution in [-0.2, 0) is 6.42 Å². The predicted octanol–water partition coefficient (Wildman–Crippen LogP) is 3.42. The maximum absolute atomic E-state index is 5.68. The smallest absolute Gasteiger partial charge is 0.123 e. The van der Waals surface area contributed by atoms with E-state index in [4.69, 9.17) is 5.73 Å². The second-order valence-corrected chi connectivity index (χ2v) is 7.19. The fourth-order valence-electron chi connectivity index (χ4n) is 5.48. The van der Waals surface area contributed by atoms with E-state index in [9.17, 15) is 0 Å². The third-order valence-corrected chi connectivity index (χ3v) is 5.59. The van der Waals surface area contributed by atoms with Crippen molar-refractivity contribution < 1.29 is 0 Å². The first kappa shape index (κ1) is 10.8. The van der Waals surface area contributed by atoms with Crippen LogP contribution in [0.5, 0.6) is 0 Å². The van der Waals surface area contributed by atoms with E-state index >= 15 is 0 Å². The van der Waals surface area contributed by atoms with E-state index in [0.717, 1.165) is 17.8 Å². The van der Waals surface area contributed by atoms with Crippen molar-refractivity contribution in [3.63, 3.8) is 0 Å². The summed E-state index contributed by atoms with van der Waals surface area (Å²) in [5.74, 6) is 3.76. The molecule has 96 valence electrons. The predicted molar refractivity (Wildman–Crippen MR) is 73.0 cm³/mol. The van der Waals surface area contributed by atoms with Crippen molar-refractivity contribution in [1.82, 2.24) is 4.98 Å². The highest BCUT2D eigenvalue weighted by Crippen LogP contribution is 2.60. The van der Waals surface area contributed by atoms with E-state index in [1.54, 1.807) is 0 Å². The molecule has 4 saturated carbocycles. The van der Waals surface area contributed by atoms with Crippen LogP contribution in [0.3, 0.4) is 0 Å². The summed E-state index contributed by atoms with van der Waals surface area (Å²) in [6, 6.07) is 4.14. The highest BCUT2D eigenvalue weighted by Gasteiger charge is 2.50. The first-order chi connectivity index (χ1) is 8.71. The van der Waals surface area contributed by atoms with Crippen LogP contribution in [-0.4, -0.2) is 4.98 Å². The third kappa shape index (κ3) is 1.73. The number of nitrogens with two attached hydrogens (primary N) is 1. The van der Waals surface area contributed by atoms with E-state index in [0.29, 0.717) is 11.2 Å². The standard InChI is InChI=1S/C16H22N2/c17-15-2-1-11(10-18-15)6-16-7-12-3-13(8-16)5-14(4-12)9-16/h1-2,10,12-14H,3-9H2,(H2,17,18). The maximum atomic E-state index is 5.68. The van der Waals surface area contributed by atoms with Crippen molar-refractivity contribution in [3.05, 3.63) is 23.9 Å². The SMILES string of the molecule is Nc1ccc(CC23CC4CC(CC(C4)C2)C3)cn1. The molecule has 0 aromatic carbocycles. The molecule has 0 amide bonds. The fourth-order valence-corrected chi connectivity index (χ4v) is 5.48. The third-order valence-electron chi connectivity index (χ3n) is 5.59. The van der Waals surface area contributed by atoms with Crippen LogP contribution in [0.2, 0.25) is 0 Å². The normalized spacial score (nSPS) is 41.2. The molecular formula is C16H22N2. The first-order valence-electron chi connectivity index (χ1n) is 7.41. The van der Waals surface area contributed by atoms with Crippen molar-refractivity contribution >= 4 is 5.82 Å². The largest absolute Gasteiger partial charge is 0.384 e. The zero-order valence-electron chi connectivity index (χ0n) is 10.9. The highest BCUT2D eigenvalue weighted by atomic mass is 14.8. The second-order valence-electron chi connectivity index (χ2n) is 7.19. The minimum Gasteiger partial charge on any atom is -0.384 e. The molecule has 2 nitrogen and oxygen atoms in total. The Labute approximate surface area is 109 Å². The monoisotopic (exact) mass is 242 g/mol. The Morgan fingerprint density at radius 3 is 2.17 bits per heavy atom. The van der Waals surface area contributed by atoms with Gasteiger partial charge in [-0.2, -0.15) is 0 Å². The van der Waals surface area contributed by atoms with Crippen LogP contribution in [0.25, 0.3) is 0 Å². The molecule has 0 unspecified atom stereocenters. The molecule has 0 atom stereocenters. The van der Waals surface area contributed by atoms with Crippen LogP contribution < -0.4 is 5.73 Å². The van der Waals surface area contributed by atoms with Crippen molar-refractivity contribution in [2.45, 2.75) is 44.9 Å². The fraction of sp³-hybridized carbons (Fsp3) is 0.688. The number of nitrogens with zero attached hydrogens (tertiary/aromatic N) is 1. The van der Waals surface area contributed by atoms with Gasteiger partial charge in [0, 0.05) is 6.20 Å². The summed E-state index contributed by atoms with van der Waals surface area (Å²) in [7, 11) is 0. The molecule has 4 fully saturated rings. The molecule has 0 radical (unpaired) electrons. The van der Waals surface area contributed by atoms with Crippen molar-refractivity contribution in [3.8, 4) is 0 Å². The maximum Gasteiger partial charge on any atom is 0.123 e. The lowest BCUT2D eigenvalue weighted by atomic mass is 9.48. The Kier molecular flexibility index (Phi) is 2.24. The first-order valence-corrected chi connectivity index (χ1v) is 7.41. The Morgan fingerprint density at radius 2 is 1.67 bits per heavy atom. The van der Waals surface area contributed by atoms with Gasteiger partial charge in [0.1, 0.15) is 5.82 Å². The van der Waals surface area contributed by atoms with Gasteiger partial charge in [0.25, 0.3) is 0 Å². The number of nitrogen functional groups attached to an aromatic ring is 1. The summed E-state index contributed by atoms with van der Waals surface area (Å²) < 4.78 is 0. The van der Waals surface area contributed by atoms with Crippen LogP contribution >= 0.6 is 0 Å². The van der Waals surface area contributed by atoms with E-state index in [1.165, 1.54) is 50.5 Å². The molecule has 1 heterocycles. The topological polar surface area (TPSA) is 38.9 Å². The summed E-state index contributed by atoms with van der Waals surface area (Å²) >= 11 is 0. The molecule has 1 aromatic rings. The number of rotatable bonds is 2. The van der Waals surface area contributed by atoms with Crippen molar-refractivity contribution in [2.24, 2.45) is 23.2 Å². The van der Waals surface area contributed by atoms with Gasteiger partial charge in [0.05, 0.1) is 0 Å². The average molecular weight is 242 g/mol. The van der Waals surface area contributed by atoms with Crippen LogP contribution in [0.4, 0.5) is 5.82 Å². The minimum absolute atomic E-state index is 0.618. The number of hydrogen-bond donors (Lipinski definition) is 1. The molecule has 4 aliphatic carbocycles. The van der Waals surface area contributed by atoms with E-state index in [1.807, 2.05) is 12.3 Å². The number of anilines is 1. The number of aromatic nitrogens is 1. The van der Waals surface area contributed by atoms with E-state index in [2.05, 4.69) is 11.1 Å². The quantitative estimate of drug-likeness (QED) is 0.863. The minimum atomic E-state index is 0.618. The Hall–Kier alpha value is -1.05. The Balaban J connectivity index is 1.58. The van der Waals surface area contributed by atoms with Gasteiger partial charge in [-0.25, -0.2) is 4.98 Å². The van der Waals surface area contributed by atoms with E-state index in [-0.39, 0.29) is 0 Å². The van der Waals surface area contributed by atoms with Crippen molar-refractivity contribution in [1.29, 1.82) is 0 Å². The second kappa shape index (κ2) is 3.72. The van der Waals surface area contributed by atoms with Gasteiger partial charge in [0.15, 0.2) is 0 Å². The zero-order chi connectivity index (χ0) is 12.2. The lowest BCUT2D eigenvalue weighted by molar-refractivity contribution is -0.0522. The molecule has 18 heavy (non-hydrogen) atoms. The molecule has 2 N–H and O–H groups in total. The number of hydrogen-bond acceptors (Lipinski definition) is 2. The van der Waals surface area contributed by atoms with Crippen molar-refractivity contribution in [2.75, 3.05) is 5.73 Å². The van der Waals surface area contributed by atoms with Gasteiger partial charge < -0.3 is 5.73 Å². The molecule has 0 saturated heterocycles. The molecule has 2 heteroatoms. The van der Waals surface area contributed by atoms with Crippen LogP contribution in [0.1, 0.15) is 44.1 Å². The molecule has 1 aromatic heterocycles. The Bertz CT molecular complexity index is 413. The summed E-state index contributed by atoms with van der Waals surface area (Å²) in [4.78, 5) is 4.26. The van der Waals surface area contributed by atoms with Gasteiger partial charge in [-0.3, -0.25) is 0 Å². The molecular weight excluding hydrogens is 220 g/mol. The Morgan fingerprint density at radius 1 is 1.06 bits per heavy atom. The number of pyridine rings is 1. The highest BCUT2D eigenvalue weighted by molar-refractivity contribution is 5.30. The zero-order valence-corrected chi connectivity index (χ0v) is 10.9. The van der Waals surface area contributed by atoms with Crippen LogP contribution in [0, 0.1) is 23.2 Å². The summed E-state index contributed by atoms with van der Waals surface area (Å²) in [6.45, 7) is 0. The van der Waals surface area contributed by atoms with Gasteiger partial charge in [-0.05, 0) is 79.7 Å². The van der Waals surface area contributed by atoms with Gasteiger partial charge >= 0.3 is 0 Å². The van der Waals surface area contributed by atoms with Gasteiger partial charge in [-0.15, -0.1) is 0 Å². The molecule has 0 aliphatic heterocycles. The molecule has 4 aliphatic rings. The summed E-state index contributed by atoms with van der Waals surface area (Å²) in [5, 5.41) is 0. The van der Waals surface area contributed by atoms with Gasteiger partial charge in [-0.1, -0.05) is 6.07 Å². The van der Waals surface area contributed by atoms with E-state index < -0.39 is 0 Å². The lowest BCUT2D eigenvalue weighted by Gasteiger charge is -2.57.